The van der Waals surface area contributed by atoms with Gasteiger partial charge < -0.3 is 9.64 Å². The van der Waals surface area contributed by atoms with Crippen molar-refractivity contribution in [2.24, 2.45) is 5.92 Å². The molecule has 1 unspecified atom stereocenters. The van der Waals surface area contributed by atoms with Gasteiger partial charge in [0.15, 0.2) is 0 Å². The molecule has 1 aromatic carbocycles. The standard InChI is InChI=1S/C15H17N3O7/c1-2-25-15(20)10-4-3-5-16(9-10)14(19)11-6-12(17(21)22)8-13(7-11)18(23)24/h6-8,10H,2-5,9H2,1H3. The summed E-state index contributed by atoms with van der Waals surface area (Å²) < 4.78 is 4.96. The van der Waals surface area contributed by atoms with E-state index >= 15 is 0 Å². The number of likely N-dealkylation sites (tertiary alicyclic amines) is 1. The highest BCUT2D eigenvalue weighted by Gasteiger charge is 2.31. The molecule has 10 nitrogen and oxygen atoms in total. The highest BCUT2D eigenvalue weighted by molar-refractivity contribution is 5.96. The molecule has 0 spiro atoms. The highest BCUT2D eigenvalue weighted by Crippen LogP contribution is 2.25. The predicted molar refractivity (Wildman–Crippen MR) is 85.0 cm³/mol. The summed E-state index contributed by atoms with van der Waals surface area (Å²) in [6, 6.07) is 2.81. The molecule has 1 aromatic rings. The molecule has 1 amide bonds. The number of amides is 1. The van der Waals surface area contributed by atoms with E-state index in [0.717, 1.165) is 18.2 Å². The number of nitro benzene ring substituents is 2. The molecule has 0 bridgehead atoms. The first-order valence-corrected chi connectivity index (χ1v) is 7.73. The minimum atomic E-state index is -0.790. The number of carbonyl (C=O) groups excluding carboxylic acids is 2. The molecule has 1 aliphatic rings. The van der Waals surface area contributed by atoms with E-state index in [4.69, 9.17) is 4.74 Å². The second-order valence-corrected chi connectivity index (χ2v) is 5.59. The topological polar surface area (TPSA) is 133 Å². The second-order valence-electron chi connectivity index (χ2n) is 5.59. The molecule has 0 radical (unpaired) electrons. The summed E-state index contributed by atoms with van der Waals surface area (Å²) in [7, 11) is 0. The molecular weight excluding hydrogens is 334 g/mol. The fourth-order valence-electron chi connectivity index (χ4n) is 2.73. The third kappa shape index (κ3) is 4.28. The number of non-ortho nitro benzene ring substituents is 2. The highest BCUT2D eigenvalue weighted by atomic mass is 16.6. The monoisotopic (exact) mass is 351 g/mol. The van der Waals surface area contributed by atoms with Gasteiger partial charge in [0.25, 0.3) is 17.3 Å². The van der Waals surface area contributed by atoms with Crippen molar-refractivity contribution in [3.63, 3.8) is 0 Å². The maximum absolute atomic E-state index is 12.6. The number of ether oxygens (including phenoxy) is 1. The first-order chi connectivity index (χ1) is 11.8. The Balaban J connectivity index is 2.25. The first-order valence-electron chi connectivity index (χ1n) is 7.73. The zero-order chi connectivity index (χ0) is 18.6. The summed E-state index contributed by atoms with van der Waals surface area (Å²) in [5, 5.41) is 21.9. The molecule has 25 heavy (non-hydrogen) atoms. The van der Waals surface area contributed by atoms with Crippen molar-refractivity contribution in [1.29, 1.82) is 0 Å². The fourth-order valence-corrected chi connectivity index (χ4v) is 2.73. The van der Waals surface area contributed by atoms with Crippen molar-refractivity contribution in [3.8, 4) is 0 Å². The molecule has 0 aliphatic carbocycles. The Hall–Kier alpha value is -3.04. The van der Waals surface area contributed by atoms with E-state index in [0.29, 0.717) is 19.4 Å². The number of nitro groups is 2. The number of hydrogen-bond acceptors (Lipinski definition) is 7. The van der Waals surface area contributed by atoms with Gasteiger partial charge in [-0.1, -0.05) is 0 Å². The minimum Gasteiger partial charge on any atom is -0.466 e. The predicted octanol–water partition coefficient (Wildman–Crippen LogP) is 1.92. The van der Waals surface area contributed by atoms with E-state index in [9.17, 15) is 29.8 Å². The molecule has 1 atom stereocenters. The molecule has 1 fully saturated rings. The molecule has 1 saturated heterocycles. The second kappa shape index (κ2) is 7.69. The van der Waals surface area contributed by atoms with E-state index in [2.05, 4.69) is 0 Å². The summed E-state index contributed by atoms with van der Waals surface area (Å²) in [5.74, 6) is -1.45. The molecule has 1 aliphatic heterocycles. The zero-order valence-electron chi connectivity index (χ0n) is 13.5. The summed E-state index contributed by atoms with van der Waals surface area (Å²) >= 11 is 0. The van der Waals surface area contributed by atoms with Crippen molar-refractivity contribution in [2.75, 3.05) is 19.7 Å². The summed E-state index contributed by atoms with van der Waals surface area (Å²) in [6.07, 6.45) is 1.16. The van der Waals surface area contributed by atoms with Crippen LogP contribution in [0.25, 0.3) is 0 Å². The van der Waals surface area contributed by atoms with Gasteiger partial charge in [0.2, 0.25) is 0 Å². The van der Waals surface area contributed by atoms with Crippen molar-refractivity contribution in [2.45, 2.75) is 19.8 Å². The number of nitrogens with zero attached hydrogens (tertiary/aromatic N) is 3. The number of piperidine rings is 1. The van der Waals surface area contributed by atoms with Gasteiger partial charge in [-0.05, 0) is 19.8 Å². The Morgan fingerprint density at radius 1 is 1.20 bits per heavy atom. The van der Waals surface area contributed by atoms with E-state index in [-0.39, 0.29) is 18.7 Å². The average Bonchev–Trinajstić information content (AvgIpc) is 2.60. The van der Waals surface area contributed by atoms with Gasteiger partial charge in [0.05, 0.1) is 34.0 Å². The number of rotatable bonds is 5. The molecule has 2 rings (SSSR count). The summed E-state index contributed by atoms with van der Waals surface area (Å²) in [6.45, 7) is 2.41. The third-order valence-corrected chi connectivity index (χ3v) is 3.90. The van der Waals surface area contributed by atoms with Gasteiger partial charge in [-0.3, -0.25) is 29.8 Å². The molecule has 10 heteroatoms. The van der Waals surface area contributed by atoms with E-state index < -0.39 is 39.0 Å². The summed E-state index contributed by atoms with van der Waals surface area (Å²) in [5.41, 5.74) is -1.21. The summed E-state index contributed by atoms with van der Waals surface area (Å²) in [4.78, 5) is 46.1. The van der Waals surface area contributed by atoms with Crippen LogP contribution in [0.3, 0.4) is 0 Å². The Kier molecular flexibility index (Phi) is 5.63. The van der Waals surface area contributed by atoms with Gasteiger partial charge in [0, 0.05) is 25.2 Å². The Morgan fingerprint density at radius 2 is 1.80 bits per heavy atom. The Morgan fingerprint density at radius 3 is 2.32 bits per heavy atom. The fraction of sp³-hybridized carbons (Fsp3) is 0.467. The lowest BCUT2D eigenvalue weighted by Crippen LogP contribution is -2.42. The molecule has 0 N–H and O–H groups in total. The van der Waals surface area contributed by atoms with E-state index in [1.54, 1.807) is 6.92 Å². The van der Waals surface area contributed by atoms with Crippen LogP contribution in [0.1, 0.15) is 30.1 Å². The van der Waals surface area contributed by atoms with Crippen LogP contribution in [0.15, 0.2) is 18.2 Å². The normalized spacial score (nSPS) is 17.0. The smallest absolute Gasteiger partial charge is 0.310 e. The van der Waals surface area contributed by atoms with Crippen LogP contribution in [0.2, 0.25) is 0 Å². The maximum Gasteiger partial charge on any atom is 0.310 e. The first kappa shape index (κ1) is 18.3. The van der Waals surface area contributed by atoms with Crippen LogP contribution >= 0.6 is 0 Å². The number of carbonyl (C=O) groups is 2. The third-order valence-electron chi connectivity index (χ3n) is 3.90. The van der Waals surface area contributed by atoms with Gasteiger partial charge in [-0.25, -0.2) is 0 Å². The van der Waals surface area contributed by atoms with Crippen LogP contribution in [-0.4, -0.2) is 46.3 Å². The molecule has 1 heterocycles. The van der Waals surface area contributed by atoms with Crippen molar-refractivity contribution >= 4 is 23.3 Å². The largest absolute Gasteiger partial charge is 0.466 e. The molecular formula is C15H17N3O7. The lowest BCUT2D eigenvalue weighted by atomic mass is 9.97. The van der Waals surface area contributed by atoms with Gasteiger partial charge in [0.1, 0.15) is 0 Å². The zero-order valence-corrected chi connectivity index (χ0v) is 13.5. The minimum absolute atomic E-state index is 0.119. The number of benzene rings is 1. The van der Waals surface area contributed by atoms with Crippen molar-refractivity contribution < 1.29 is 24.2 Å². The number of hydrogen-bond donors (Lipinski definition) is 0. The van der Waals surface area contributed by atoms with Gasteiger partial charge in [-0.2, -0.15) is 0 Å². The van der Waals surface area contributed by atoms with E-state index in [1.807, 2.05) is 0 Å². The van der Waals surface area contributed by atoms with Gasteiger partial charge >= 0.3 is 5.97 Å². The van der Waals surface area contributed by atoms with Crippen molar-refractivity contribution in [3.05, 3.63) is 44.0 Å². The molecule has 0 saturated carbocycles. The van der Waals surface area contributed by atoms with Crippen LogP contribution in [0, 0.1) is 26.1 Å². The van der Waals surface area contributed by atoms with Crippen LogP contribution in [0.4, 0.5) is 11.4 Å². The van der Waals surface area contributed by atoms with Crippen molar-refractivity contribution in [1.82, 2.24) is 4.90 Å². The number of esters is 1. The SMILES string of the molecule is CCOC(=O)C1CCCN(C(=O)c2cc([N+](=O)[O-])cc([N+](=O)[O-])c2)C1. The lowest BCUT2D eigenvalue weighted by Gasteiger charge is -2.31. The molecule has 134 valence electrons. The Bertz CT molecular complexity index is 687. The van der Waals surface area contributed by atoms with Crippen LogP contribution in [-0.2, 0) is 9.53 Å². The lowest BCUT2D eigenvalue weighted by molar-refractivity contribution is -0.394. The Labute approximate surface area is 142 Å². The molecule has 0 aromatic heterocycles. The quantitative estimate of drug-likeness (QED) is 0.449. The van der Waals surface area contributed by atoms with E-state index in [1.165, 1.54) is 4.90 Å². The van der Waals surface area contributed by atoms with Crippen LogP contribution < -0.4 is 0 Å². The average molecular weight is 351 g/mol. The van der Waals surface area contributed by atoms with Gasteiger partial charge in [-0.15, -0.1) is 0 Å². The van der Waals surface area contributed by atoms with Crippen LogP contribution in [0.5, 0.6) is 0 Å². The maximum atomic E-state index is 12.6.